The van der Waals surface area contributed by atoms with Crippen LogP contribution >= 0.6 is 0 Å². The minimum Gasteiger partial charge on any atom is -0.292 e. The number of aryl methyl sites for hydroxylation is 1. The lowest BCUT2D eigenvalue weighted by molar-refractivity contribution is -0.118. The molecule has 0 spiro atoms. The molecule has 0 unspecified atom stereocenters. The Morgan fingerprint density at radius 1 is 1.33 bits per heavy atom. The molecule has 3 rings (SSSR count). The summed E-state index contributed by atoms with van der Waals surface area (Å²) in [5.74, 6) is -0.239. The van der Waals surface area contributed by atoms with E-state index < -0.39 is 9.84 Å². The lowest BCUT2D eigenvalue weighted by Crippen LogP contribution is -2.45. The number of amides is 1. The lowest BCUT2D eigenvalue weighted by atomic mass is 10.2. The first kappa shape index (κ1) is 16.5. The Morgan fingerprint density at radius 2 is 2.04 bits per heavy atom. The molecule has 128 valence electrons. The van der Waals surface area contributed by atoms with Crippen molar-refractivity contribution in [3.05, 3.63) is 34.2 Å². The van der Waals surface area contributed by atoms with Gasteiger partial charge in [0.05, 0.1) is 23.4 Å². The number of aromatic nitrogens is 3. The van der Waals surface area contributed by atoms with Crippen molar-refractivity contribution in [2.24, 2.45) is 0 Å². The summed E-state index contributed by atoms with van der Waals surface area (Å²) in [6, 6.07) is 3.26. The molecule has 0 atom stereocenters. The maximum Gasteiger partial charge on any atom is 0.254 e. The fourth-order valence-electron chi connectivity index (χ4n) is 2.52. The van der Waals surface area contributed by atoms with Crippen LogP contribution in [0.25, 0.3) is 11.0 Å². The second kappa shape index (κ2) is 6.29. The summed E-state index contributed by atoms with van der Waals surface area (Å²) in [6.45, 7) is 2.26. The Kier molecular flexibility index (Phi) is 4.33. The molecule has 1 aliphatic rings. The molecule has 0 aliphatic carbocycles. The van der Waals surface area contributed by atoms with Crippen molar-refractivity contribution in [1.82, 2.24) is 19.8 Å². The first-order chi connectivity index (χ1) is 11.4. The topological polar surface area (TPSA) is 114 Å². The van der Waals surface area contributed by atoms with Crippen LogP contribution in [-0.2, 0) is 14.6 Å². The fraction of sp³-hybridized carbons (Fsp3) is 0.429. The van der Waals surface area contributed by atoms with Gasteiger partial charge in [0.15, 0.2) is 15.5 Å². The monoisotopic (exact) mass is 351 g/mol. The second-order valence-corrected chi connectivity index (χ2v) is 7.97. The van der Waals surface area contributed by atoms with Crippen LogP contribution in [0.2, 0.25) is 0 Å². The lowest BCUT2D eigenvalue weighted by Gasteiger charge is -2.25. The van der Waals surface area contributed by atoms with E-state index in [0.29, 0.717) is 18.5 Å². The molecule has 9 nitrogen and oxygen atoms in total. The van der Waals surface area contributed by atoms with Crippen molar-refractivity contribution in [2.75, 3.05) is 36.6 Å². The standard InChI is InChI=1S/C14H17N5O4S/c1-10-13(21)11-3-2-4-15-14(11)19(16-10)17-12(20)9-18-5-7-24(22,23)8-6-18/h2-4H,5-9H2,1H3,(H,17,20). The molecule has 0 aromatic carbocycles. The molecule has 2 aromatic rings. The Morgan fingerprint density at radius 3 is 2.75 bits per heavy atom. The molecule has 0 saturated carbocycles. The van der Waals surface area contributed by atoms with E-state index in [4.69, 9.17) is 0 Å². The largest absolute Gasteiger partial charge is 0.292 e. The Labute approximate surface area is 138 Å². The van der Waals surface area contributed by atoms with Crippen molar-refractivity contribution in [3.63, 3.8) is 0 Å². The summed E-state index contributed by atoms with van der Waals surface area (Å²) < 4.78 is 22.8. The van der Waals surface area contributed by atoms with Gasteiger partial charge in [0.1, 0.15) is 5.69 Å². The van der Waals surface area contributed by atoms with Crippen LogP contribution in [0.4, 0.5) is 0 Å². The van der Waals surface area contributed by atoms with Crippen molar-refractivity contribution < 1.29 is 13.2 Å². The molecule has 1 N–H and O–H groups in total. The number of nitrogens with zero attached hydrogens (tertiary/aromatic N) is 4. The summed E-state index contributed by atoms with van der Waals surface area (Å²) in [7, 11) is -2.99. The van der Waals surface area contributed by atoms with Crippen LogP contribution in [0.5, 0.6) is 0 Å². The zero-order valence-corrected chi connectivity index (χ0v) is 13.9. The van der Waals surface area contributed by atoms with Crippen molar-refractivity contribution >= 4 is 26.8 Å². The number of hydrogen-bond acceptors (Lipinski definition) is 7. The number of hydrogen-bond donors (Lipinski definition) is 1. The van der Waals surface area contributed by atoms with E-state index in [-0.39, 0.29) is 40.7 Å². The van der Waals surface area contributed by atoms with Crippen LogP contribution in [0, 0.1) is 6.92 Å². The van der Waals surface area contributed by atoms with Gasteiger partial charge in [-0.3, -0.25) is 14.5 Å². The fourth-order valence-corrected chi connectivity index (χ4v) is 3.80. The first-order valence-corrected chi connectivity index (χ1v) is 9.25. The molecule has 0 bridgehead atoms. The summed E-state index contributed by atoms with van der Waals surface area (Å²) in [6.07, 6.45) is 1.51. The summed E-state index contributed by atoms with van der Waals surface area (Å²) in [5.41, 5.74) is 2.88. The van der Waals surface area contributed by atoms with E-state index in [9.17, 15) is 18.0 Å². The van der Waals surface area contributed by atoms with E-state index >= 15 is 0 Å². The SMILES string of the molecule is Cc1nn(NC(=O)CN2CCS(=O)(=O)CC2)c2ncccc2c1=O. The molecular weight excluding hydrogens is 334 g/mol. The van der Waals surface area contributed by atoms with Crippen LogP contribution in [-0.4, -0.2) is 65.2 Å². The van der Waals surface area contributed by atoms with Crippen molar-refractivity contribution in [2.45, 2.75) is 6.92 Å². The molecule has 3 heterocycles. The van der Waals surface area contributed by atoms with E-state index in [1.54, 1.807) is 24.0 Å². The zero-order valence-electron chi connectivity index (χ0n) is 13.1. The van der Waals surface area contributed by atoms with Gasteiger partial charge in [0.2, 0.25) is 5.43 Å². The first-order valence-electron chi connectivity index (χ1n) is 7.43. The third kappa shape index (κ3) is 3.44. The smallest absolute Gasteiger partial charge is 0.254 e. The molecule has 1 saturated heterocycles. The van der Waals surface area contributed by atoms with Gasteiger partial charge in [-0.1, -0.05) is 0 Å². The van der Waals surface area contributed by atoms with Crippen LogP contribution < -0.4 is 10.9 Å². The number of carbonyl (C=O) groups excluding carboxylic acids is 1. The van der Waals surface area contributed by atoms with Gasteiger partial charge in [-0.05, 0) is 19.1 Å². The van der Waals surface area contributed by atoms with Gasteiger partial charge in [-0.2, -0.15) is 9.89 Å². The van der Waals surface area contributed by atoms with E-state index in [1.807, 2.05) is 0 Å². The number of pyridine rings is 1. The highest BCUT2D eigenvalue weighted by Crippen LogP contribution is 2.06. The minimum absolute atomic E-state index is 0.0523. The molecule has 0 radical (unpaired) electrons. The predicted octanol–water partition coefficient (Wildman–Crippen LogP) is -1.10. The Hall–Kier alpha value is -2.33. The predicted molar refractivity (Wildman–Crippen MR) is 88.0 cm³/mol. The van der Waals surface area contributed by atoms with Gasteiger partial charge < -0.3 is 0 Å². The highest BCUT2D eigenvalue weighted by molar-refractivity contribution is 7.91. The van der Waals surface area contributed by atoms with Crippen molar-refractivity contribution in [3.8, 4) is 0 Å². The number of rotatable bonds is 3. The second-order valence-electron chi connectivity index (χ2n) is 5.66. The van der Waals surface area contributed by atoms with Crippen molar-refractivity contribution in [1.29, 1.82) is 0 Å². The quantitative estimate of drug-likeness (QED) is 0.746. The van der Waals surface area contributed by atoms with Crippen LogP contribution in [0.1, 0.15) is 5.69 Å². The number of nitrogens with one attached hydrogen (secondary N) is 1. The Balaban J connectivity index is 1.77. The third-order valence-corrected chi connectivity index (χ3v) is 5.45. The summed E-state index contributed by atoms with van der Waals surface area (Å²) in [5, 5.41) is 4.42. The summed E-state index contributed by atoms with van der Waals surface area (Å²) in [4.78, 5) is 31.3. The zero-order chi connectivity index (χ0) is 17.3. The normalized spacial score (nSPS) is 17.7. The van der Waals surface area contributed by atoms with E-state index in [1.165, 1.54) is 11.0 Å². The molecule has 1 amide bonds. The number of fused-ring (bicyclic) bond motifs is 1. The van der Waals surface area contributed by atoms with Gasteiger partial charge in [0.25, 0.3) is 5.91 Å². The maximum atomic E-state index is 12.2. The molecule has 2 aromatic heterocycles. The molecule has 1 aliphatic heterocycles. The van der Waals surface area contributed by atoms with Gasteiger partial charge >= 0.3 is 0 Å². The number of carbonyl (C=O) groups is 1. The number of sulfone groups is 1. The Bertz CT molecular complexity index is 939. The van der Waals surface area contributed by atoms with Gasteiger partial charge in [0, 0.05) is 19.3 Å². The highest BCUT2D eigenvalue weighted by atomic mass is 32.2. The average molecular weight is 351 g/mol. The minimum atomic E-state index is -2.99. The van der Waals surface area contributed by atoms with E-state index in [2.05, 4.69) is 15.5 Å². The van der Waals surface area contributed by atoms with Crippen LogP contribution in [0.3, 0.4) is 0 Å². The molecular formula is C14H17N5O4S. The van der Waals surface area contributed by atoms with Gasteiger partial charge in [-0.15, -0.1) is 0 Å². The molecule has 1 fully saturated rings. The van der Waals surface area contributed by atoms with E-state index in [0.717, 1.165) is 0 Å². The van der Waals surface area contributed by atoms with Gasteiger partial charge in [-0.25, -0.2) is 18.8 Å². The highest BCUT2D eigenvalue weighted by Gasteiger charge is 2.23. The molecule has 10 heteroatoms. The third-order valence-electron chi connectivity index (χ3n) is 3.85. The molecule has 24 heavy (non-hydrogen) atoms. The average Bonchev–Trinajstić information content (AvgIpc) is 2.54. The van der Waals surface area contributed by atoms with Crippen LogP contribution in [0.15, 0.2) is 23.1 Å². The summed E-state index contributed by atoms with van der Waals surface area (Å²) >= 11 is 0. The maximum absolute atomic E-state index is 12.2.